The van der Waals surface area contributed by atoms with Gasteiger partial charge in [0.1, 0.15) is 0 Å². The van der Waals surface area contributed by atoms with E-state index in [1.54, 1.807) is 0 Å². The lowest BCUT2D eigenvalue weighted by atomic mass is 9.96. The van der Waals surface area contributed by atoms with Crippen LogP contribution in [0.15, 0.2) is 119 Å². The summed E-state index contributed by atoms with van der Waals surface area (Å²) in [4.78, 5) is 2.60. The van der Waals surface area contributed by atoms with Crippen molar-refractivity contribution in [2.24, 2.45) is 0 Å². The molecule has 0 radical (unpaired) electrons. The number of hydrogen-bond donors (Lipinski definition) is 0. The smallest absolute Gasteiger partial charge is 0.0598 e. The van der Waals surface area contributed by atoms with Crippen molar-refractivity contribution < 1.29 is 0 Å². The molecule has 7 aromatic carbocycles. The van der Waals surface area contributed by atoms with Crippen LogP contribution in [-0.2, 0) is 12.8 Å². The second-order valence-corrected chi connectivity index (χ2v) is 14.6. The van der Waals surface area contributed by atoms with E-state index in [4.69, 9.17) is 34.8 Å². The topological polar surface area (TPSA) is 0 Å². The Morgan fingerprint density at radius 2 is 0.818 bits per heavy atom. The number of aryl methyl sites for hydroxylation is 3. The van der Waals surface area contributed by atoms with Crippen molar-refractivity contribution in [3.05, 3.63) is 141 Å². The normalized spacial score (nSPS) is 11.7. The molecule has 44 heavy (non-hydrogen) atoms. The van der Waals surface area contributed by atoms with Crippen LogP contribution in [0.25, 0.3) is 43.1 Å². The largest absolute Gasteiger partial charge is 0.125 e. The summed E-state index contributed by atoms with van der Waals surface area (Å²) in [6.07, 6.45) is 2.00. The lowest BCUT2D eigenvalue weighted by Gasteiger charge is -2.19. The van der Waals surface area contributed by atoms with Gasteiger partial charge in [-0.15, -0.1) is 23.5 Å². The second kappa shape index (κ2) is 12.9. The number of fused-ring (bicyclic) bond motifs is 4. The molecule has 0 fully saturated rings. The first kappa shape index (κ1) is 29.8. The van der Waals surface area contributed by atoms with Crippen molar-refractivity contribution in [2.75, 3.05) is 11.5 Å². The molecule has 0 unspecified atom stereocenters. The Labute approximate surface area is 281 Å². The molecule has 0 N–H and O–H groups in total. The average Bonchev–Trinajstić information content (AvgIpc) is 3.03. The summed E-state index contributed by atoms with van der Waals surface area (Å²) in [5.74, 6) is 1.95. The Hall–Kier alpha value is -2.85. The molecule has 0 heterocycles. The molecule has 7 aromatic rings. The van der Waals surface area contributed by atoms with Gasteiger partial charge in [0.15, 0.2) is 0 Å². The Kier molecular flexibility index (Phi) is 8.73. The molecule has 7 rings (SSSR count). The van der Waals surface area contributed by atoms with Crippen molar-refractivity contribution in [3.8, 4) is 0 Å². The van der Waals surface area contributed by atoms with Crippen LogP contribution in [0.1, 0.15) is 16.7 Å². The summed E-state index contributed by atoms with van der Waals surface area (Å²) in [6.45, 7) is 2.08. The summed E-state index contributed by atoms with van der Waals surface area (Å²) < 4.78 is 0. The maximum atomic E-state index is 6.64. The van der Waals surface area contributed by atoms with Crippen LogP contribution < -0.4 is 0 Å². The van der Waals surface area contributed by atoms with Crippen LogP contribution in [0.3, 0.4) is 0 Å². The van der Waals surface area contributed by atoms with Crippen LogP contribution in [0.4, 0.5) is 0 Å². The average molecular weight is 668 g/mol. The molecule has 0 amide bonds. The van der Waals surface area contributed by atoms with Crippen LogP contribution >= 0.6 is 58.3 Å². The van der Waals surface area contributed by atoms with Gasteiger partial charge in [-0.3, -0.25) is 0 Å². The van der Waals surface area contributed by atoms with Gasteiger partial charge < -0.3 is 0 Å². The highest BCUT2D eigenvalue weighted by Crippen LogP contribution is 2.46. The maximum Gasteiger partial charge on any atom is 0.0598 e. The van der Waals surface area contributed by atoms with Gasteiger partial charge in [0.05, 0.1) is 10.0 Å². The minimum Gasteiger partial charge on any atom is -0.125 e. The highest BCUT2D eigenvalue weighted by molar-refractivity contribution is 8.00. The molecule has 0 aromatic heterocycles. The molecule has 0 atom stereocenters. The van der Waals surface area contributed by atoms with Gasteiger partial charge in [-0.05, 0) is 128 Å². The van der Waals surface area contributed by atoms with Gasteiger partial charge in [0.2, 0.25) is 0 Å². The van der Waals surface area contributed by atoms with E-state index in [-0.39, 0.29) is 0 Å². The molecule has 218 valence electrons. The van der Waals surface area contributed by atoms with E-state index < -0.39 is 0 Å². The van der Waals surface area contributed by atoms with Gasteiger partial charge in [-0.25, -0.2) is 0 Å². The van der Waals surface area contributed by atoms with Gasteiger partial charge in [-0.2, -0.15) is 0 Å². The number of benzene rings is 7. The maximum absolute atomic E-state index is 6.64. The van der Waals surface area contributed by atoms with Gasteiger partial charge in [-0.1, -0.05) is 95.5 Å². The zero-order valence-electron chi connectivity index (χ0n) is 24.2. The molecular formula is C39H29Cl3S2. The highest BCUT2D eigenvalue weighted by atomic mass is 35.5. The van der Waals surface area contributed by atoms with E-state index in [2.05, 4.69) is 104 Å². The predicted octanol–water partition coefficient (Wildman–Crippen LogP) is 13.2. The third-order valence-corrected chi connectivity index (χ3v) is 11.6. The fourth-order valence-corrected chi connectivity index (χ4v) is 8.81. The third kappa shape index (κ3) is 6.04. The summed E-state index contributed by atoms with van der Waals surface area (Å²) in [7, 11) is 0. The van der Waals surface area contributed by atoms with Crippen LogP contribution in [0.5, 0.6) is 0 Å². The zero-order chi connectivity index (χ0) is 30.2. The van der Waals surface area contributed by atoms with E-state index in [1.807, 2.05) is 35.7 Å². The van der Waals surface area contributed by atoms with Crippen LogP contribution in [0.2, 0.25) is 15.1 Å². The molecule has 0 saturated heterocycles. The fourth-order valence-electron chi connectivity index (χ4n) is 5.91. The standard InChI is InChI=1S/C39H29Cl3S2/c1-24-16-27-17-31-32(18-28(27)21-35(24)40)39(44-15-13-26-10-6-3-7-11-26)34-20-30-23-37(42)36(41)22-29(30)19-33(34)38(31)43-14-12-25-8-4-2-5-9-25/h2-11,16-23H,12-15H2,1H3. The first-order valence-corrected chi connectivity index (χ1v) is 17.8. The van der Waals surface area contributed by atoms with Crippen molar-refractivity contribution in [2.45, 2.75) is 29.6 Å². The van der Waals surface area contributed by atoms with Crippen molar-refractivity contribution in [1.82, 2.24) is 0 Å². The van der Waals surface area contributed by atoms with Gasteiger partial charge >= 0.3 is 0 Å². The van der Waals surface area contributed by atoms with Crippen molar-refractivity contribution in [3.63, 3.8) is 0 Å². The Morgan fingerprint density at radius 3 is 1.23 bits per heavy atom. The zero-order valence-corrected chi connectivity index (χ0v) is 28.1. The summed E-state index contributed by atoms with van der Waals surface area (Å²) in [5, 5.41) is 11.6. The molecule has 0 saturated carbocycles. The molecule has 0 aliphatic heterocycles. The van der Waals surface area contributed by atoms with E-state index >= 15 is 0 Å². The van der Waals surface area contributed by atoms with E-state index in [1.165, 1.54) is 47.8 Å². The Bertz CT molecular complexity index is 1900. The number of thioether (sulfide) groups is 2. The fraction of sp³-hybridized carbons (Fsp3) is 0.128. The van der Waals surface area contributed by atoms with Crippen LogP contribution in [0, 0.1) is 6.92 Å². The molecule has 0 bridgehead atoms. The molecule has 0 aliphatic rings. The SMILES string of the molecule is Cc1cc2cc3c(SCCc4ccccc4)c4cc5cc(Cl)c(Cl)cc5cc4c(SCCc4ccccc4)c3cc2cc1Cl. The minimum atomic E-state index is 0.575. The van der Waals surface area contributed by atoms with Gasteiger partial charge in [0.25, 0.3) is 0 Å². The van der Waals surface area contributed by atoms with Gasteiger partial charge in [0, 0.05) is 26.3 Å². The molecular weight excluding hydrogens is 639 g/mol. The first-order chi connectivity index (χ1) is 21.4. The van der Waals surface area contributed by atoms with E-state index in [0.717, 1.165) is 51.1 Å². The summed E-state index contributed by atoms with van der Waals surface area (Å²) in [6, 6.07) is 39.1. The first-order valence-electron chi connectivity index (χ1n) is 14.7. The molecule has 0 spiro atoms. The minimum absolute atomic E-state index is 0.575. The monoisotopic (exact) mass is 666 g/mol. The van der Waals surface area contributed by atoms with Crippen molar-refractivity contribution in [1.29, 1.82) is 0 Å². The highest BCUT2D eigenvalue weighted by Gasteiger charge is 2.18. The van der Waals surface area contributed by atoms with Crippen molar-refractivity contribution >= 4 is 101 Å². The van der Waals surface area contributed by atoms with E-state index in [0.29, 0.717) is 10.0 Å². The Balaban J connectivity index is 1.46. The quantitative estimate of drug-likeness (QED) is 0.117. The second-order valence-electron chi connectivity index (χ2n) is 11.2. The number of hydrogen-bond acceptors (Lipinski definition) is 2. The third-order valence-electron chi connectivity index (χ3n) is 8.21. The lowest BCUT2D eigenvalue weighted by Crippen LogP contribution is -1.94. The summed E-state index contributed by atoms with van der Waals surface area (Å²) in [5.41, 5.74) is 3.79. The molecule has 0 aliphatic carbocycles. The molecule has 0 nitrogen and oxygen atoms in total. The summed E-state index contributed by atoms with van der Waals surface area (Å²) >= 11 is 23.6. The Morgan fingerprint density at radius 1 is 0.455 bits per heavy atom. The van der Waals surface area contributed by atoms with Crippen LogP contribution in [-0.4, -0.2) is 11.5 Å². The lowest BCUT2D eigenvalue weighted by molar-refractivity contribution is 1.16. The number of rotatable bonds is 8. The van der Waals surface area contributed by atoms with E-state index in [9.17, 15) is 0 Å². The molecule has 5 heteroatoms. The predicted molar refractivity (Wildman–Crippen MR) is 198 cm³/mol. The number of halogens is 3.